The Balaban J connectivity index is 0.000000241. The molecule has 0 aliphatic carbocycles. The Morgan fingerprint density at radius 1 is 0.786 bits per heavy atom. The molecule has 0 amide bonds. The van der Waals surface area contributed by atoms with E-state index in [2.05, 4.69) is 16.0 Å². The fourth-order valence-corrected chi connectivity index (χ4v) is 0.750. The molecule has 2 radical (unpaired) electrons. The van der Waals surface area contributed by atoms with Gasteiger partial charge < -0.3 is 0 Å². The second-order valence-corrected chi connectivity index (χ2v) is 8.73. The van der Waals surface area contributed by atoms with E-state index in [0.29, 0.717) is 0 Å². The van der Waals surface area contributed by atoms with E-state index < -0.39 is 19.5 Å². The first-order chi connectivity index (χ1) is 5.84. The van der Waals surface area contributed by atoms with Gasteiger partial charge in [-0.2, -0.15) is 0 Å². The zero-order valence-corrected chi connectivity index (χ0v) is 10.8. The van der Waals surface area contributed by atoms with Gasteiger partial charge in [-0.1, -0.05) is 0 Å². The van der Waals surface area contributed by atoms with Crippen molar-refractivity contribution in [2.45, 2.75) is 0 Å². The van der Waals surface area contributed by atoms with Gasteiger partial charge in [0.15, 0.2) is 0 Å². The summed E-state index contributed by atoms with van der Waals surface area (Å²) in [5.74, 6) is 0. The first kappa shape index (κ1) is 14.1. The summed E-state index contributed by atoms with van der Waals surface area (Å²) in [5.41, 5.74) is 0. The van der Waals surface area contributed by atoms with Crippen LogP contribution in [0.5, 0.6) is 0 Å². The third-order valence-electron chi connectivity index (χ3n) is 0.743. The van der Waals surface area contributed by atoms with Gasteiger partial charge in [0.25, 0.3) is 0 Å². The van der Waals surface area contributed by atoms with Crippen LogP contribution in [0, 0.1) is 0 Å². The number of benzene rings is 1. The molecule has 0 bridgehead atoms. The van der Waals surface area contributed by atoms with Crippen molar-refractivity contribution in [1.29, 1.82) is 0 Å². The van der Waals surface area contributed by atoms with E-state index in [9.17, 15) is 16.9 Å². The maximum atomic E-state index is 9.93. The molecule has 0 N–H and O–H groups in total. The van der Waals surface area contributed by atoms with Gasteiger partial charge in [0.1, 0.15) is 0 Å². The van der Waals surface area contributed by atoms with Crippen molar-refractivity contribution in [1.82, 2.24) is 0 Å². The molecule has 0 unspecified atom stereocenters. The Bertz CT molecular complexity index is 278. The molecule has 0 heterocycles. The summed E-state index contributed by atoms with van der Waals surface area (Å²) >= 11 is -8.35. The summed E-state index contributed by atoms with van der Waals surface area (Å²) in [7, 11) is 0. The fourth-order valence-electron chi connectivity index (χ4n) is 0.420. The Morgan fingerprint density at radius 2 is 1.07 bits per heavy atom. The SMILES string of the molecule is [F][Sb-]([F])([F])([F])([F])[F].[Se+]c1ccccc1. The van der Waals surface area contributed by atoms with Gasteiger partial charge in [0.05, 0.1) is 0 Å². The summed E-state index contributed by atoms with van der Waals surface area (Å²) in [6.45, 7) is 0. The number of hydrogen-bond donors (Lipinski definition) is 0. The summed E-state index contributed by atoms with van der Waals surface area (Å²) in [6.07, 6.45) is 0. The molecule has 0 aliphatic heterocycles. The van der Waals surface area contributed by atoms with Gasteiger partial charge in [-0.05, 0) is 0 Å². The van der Waals surface area contributed by atoms with Gasteiger partial charge in [-0.3, -0.25) is 0 Å². The van der Waals surface area contributed by atoms with Crippen molar-refractivity contribution in [3.63, 3.8) is 0 Å². The summed E-state index contributed by atoms with van der Waals surface area (Å²) in [5, 5.41) is 0. The van der Waals surface area contributed by atoms with Crippen molar-refractivity contribution >= 4 is 39.9 Å². The average Bonchev–Trinajstić information content (AvgIpc) is 1.81. The molecule has 0 nitrogen and oxygen atoms in total. The molecular weight excluding hydrogens is 387 g/mol. The molecule has 0 aliphatic rings. The Labute approximate surface area is 87.0 Å². The predicted molar refractivity (Wildman–Crippen MR) is 44.2 cm³/mol. The number of hydrogen-bond acceptors (Lipinski definition) is 0. The van der Waals surface area contributed by atoms with Crippen molar-refractivity contribution in [2.75, 3.05) is 0 Å². The van der Waals surface area contributed by atoms with E-state index in [1.807, 2.05) is 30.3 Å². The normalized spacial score (nSPS) is 15.9. The van der Waals surface area contributed by atoms with Gasteiger partial charge in [0.2, 0.25) is 0 Å². The summed E-state index contributed by atoms with van der Waals surface area (Å²) < 4.78 is 60.7. The summed E-state index contributed by atoms with van der Waals surface area (Å²) in [6, 6.07) is 10.1. The molecule has 0 spiro atoms. The third kappa shape index (κ3) is 22.7. The van der Waals surface area contributed by atoms with Gasteiger partial charge in [-0.15, -0.1) is 0 Å². The quantitative estimate of drug-likeness (QED) is 0.471. The van der Waals surface area contributed by atoms with Crippen molar-refractivity contribution in [2.24, 2.45) is 0 Å². The van der Waals surface area contributed by atoms with E-state index in [-0.39, 0.29) is 0 Å². The van der Waals surface area contributed by atoms with Crippen LogP contribution in [0.2, 0.25) is 0 Å². The standard InChI is InChI=1S/C6H5Se.6FH.Sb/c7-6-4-2-1-3-5-6;;;;;;;/h1-5H;6*1H;/q+1;;;;;;;+5/p-6. The van der Waals surface area contributed by atoms with E-state index in [4.69, 9.17) is 0 Å². The Morgan fingerprint density at radius 3 is 1.21 bits per heavy atom. The van der Waals surface area contributed by atoms with Crippen LogP contribution in [0.15, 0.2) is 30.3 Å². The minimum atomic E-state index is -11.2. The van der Waals surface area contributed by atoms with Crippen LogP contribution >= 0.6 is 0 Å². The predicted octanol–water partition coefficient (Wildman–Crippen LogP) is 2.62. The minimum absolute atomic E-state index is 1.20. The van der Waals surface area contributed by atoms with Crippen LogP contribution in [0.4, 0.5) is 16.9 Å². The average molecular weight is 392 g/mol. The van der Waals surface area contributed by atoms with Crippen LogP contribution in [0.3, 0.4) is 0 Å². The molecule has 14 heavy (non-hydrogen) atoms. The molecule has 0 fully saturated rings. The van der Waals surface area contributed by atoms with E-state index in [1.165, 1.54) is 4.46 Å². The molecule has 1 aromatic carbocycles. The van der Waals surface area contributed by atoms with E-state index in [1.54, 1.807) is 0 Å². The molecule has 0 atom stereocenters. The fraction of sp³-hybridized carbons (Fsp3) is 0. The Kier molecular flexibility index (Phi) is 3.65. The van der Waals surface area contributed by atoms with Crippen LogP contribution in [-0.4, -0.2) is 35.5 Å². The maximum absolute atomic E-state index is 11.2. The van der Waals surface area contributed by atoms with Crippen LogP contribution in [-0.2, 0) is 0 Å². The number of halogens is 6. The molecule has 0 saturated carbocycles. The first-order valence-corrected chi connectivity index (χ1v) is 9.77. The van der Waals surface area contributed by atoms with Crippen LogP contribution in [0.25, 0.3) is 0 Å². The molecule has 0 saturated heterocycles. The van der Waals surface area contributed by atoms with Gasteiger partial charge in [-0.25, -0.2) is 0 Å². The van der Waals surface area contributed by atoms with Gasteiger partial charge >= 0.3 is 87.2 Å². The van der Waals surface area contributed by atoms with E-state index in [0.717, 1.165) is 0 Å². The Hall–Kier alpha value is 0.138. The second-order valence-electron chi connectivity index (χ2n) is 2.27. The second kappa shape index (κ2) is 3.62. The zero-order valence-electron chi connectivity index (χ0n) is 6.51. The summed E-state index contributed by atoms with van der Waals surface area (Å²) in [4.78, 5) is 0. The topological polar surface area (TPSA) is 0 Å². The van der Waals surface area contributed by atoms with Crippen LogP contribution in [0.1, 0.15) is 0 Å². The van der Waals surface area contributed by atoms with Crippen molar-refractivity contribution in [3.05, 3.63) is 30.3 Å². The van der Waals surface area contributed by atoms with E-state index >= 15 is 0 Å². The first-order valence-electron chi connectivity index (χ1n) is 3.13. The molecular formula is C6H5F6SbSe. The van der Waals surface area contributed by atoms with Gasteiger partial charge in [0, 0.05) is 0 Å². The molecule has 82 valence electrons. The molecule has 0 aromatic heterocycles. The molecule has 1 rings (SSSR count). The van der Waals surface area contributed by atoms with Crippen molar-refractivity contribution in [3.8, 4) is 0 Å². The third-order valence-corrected chi connectivity index (χ3v) is 1.31. The van der Waals surface area contributed by atoms with Crippen molar-refractivity contribution < 1.29 is 16.9 Å². The van der Waals surface area contributed by atoms with Crippen LogP contribution < -0.4 is 4.46 Å². The number of rotatable bonds is 0. The molecule has 8 heteroatoms. The molecule has 1 aromatic rings. The monoisotopic (exact) mass is 392 g/mol. The zero-order chi connectivity index (χ0) is 11.5.